The fourth-order valence-corrected chi connectivity index (χ4v) is 3.34. The Kier molecular flexibility index (Phi) is 2.45. The van der Waals surface area contributed by atoms with Gasteiger partial charge < -0.3 is 0 Å². The molecule has 0 aromatic heterocycles. The van der Waals surface area contributed by atoms with Crippen molar-refractivity contribution < 1.29 is 4.39 Å². The van der Waals surface area contributed by atoms with Crippen LogP contribution >= 0.6 is 0 Å². The molecule has 2 fully saturated rings. The molecular formula is C13H22FN. The van der Waals surface area contributed by atoms with E-state index in [0.29, 0.717) is 13.0 Å². The molecule has 0 radical (unpaired) electrons. The summed E-state index contributed by atoms with van der Waals surface area (Å²) >= 11 is 0. The van der Waals surface area contributed by atoms with Gasteiger partial charge in [0.15, 0.2) is 0 Å². The Morgan fingerprint density at radius 2 is 2.20 bits per heavy atom. The highest BCUT2D eigenvalue weighted by Crippen LogP contribution is 2.48. The molecule has 0 bridgehead atoms. The summed E-state index contributed by atoms with van der Waals surface area (Å²) in [4.78, 5) is 2.32. The molecule has 1 unspecified atom stereocenters. The molecule has 15 heavy (non-hydrogen) atoms. The van der Waals surface area contributed by atoms with E-state index < -0.39 is 6.17 Å². The topological polar surface area (TPSA) is 3.24 Å². The summed E-state index contributed by atoms with van der Waals surface area (Å²) in [5, 5.41) is 0. The molecule has 0 spiro atoms. The summed E-state index contributed by atoms with van der Waals surface area (Å²) in [7, 11) is 0. The lowest BCUT2D eigenvalue weighted by atomic mass is 9.75. The van der Waals surface area contributed by atoms with Crippen molar-refractivity contribution in [2.24, 2.45) is 5.41 Å². The van der Waals surface area contributed by atoms with Gasteiger partial charge in [-0.2, -0.15) is 0 Å². The van der Waals surface area contributed by atoms with Crippen molar-refractivity contribution in [3.05, 3.63) is 12.2 Å². The minimum atomic E-state index is -0.649. The molecule has 2 atom stereocenters. The van der Waals surface area contributed by atoms with E-state index in [0.717, 1.165) is 19.4 Å². The number of hydrogen-bond acceptors (Lipinski definition) is 1. The molecule has 2 heteroatoms. The Labute approximate surface area is 92.3 Å². The maximum Gasteiger partial charge on any atom is 0.115 e. The molecule has 0 amide bonds. The molecular weight excluding hydrogens is 189 g/mol. The van der Waals surface area contributed by atoms with Crippen molar-refractivity contribution in [1.29, 1.82) is 0 Å². The summed E-state index contributed by atoms with van der Waals surface area (Å²) in [6.07, 6.45) is 2.12. The predicted octanol–water partition coefficient (Wildman–Crippen LogP) is 3.17. The molecule has 2 rings (SSSR count). The SMILES string of the molecule is C=C1CCN2CC(F)C[C@@]12CC(C)(C)C. The Morgan fingerprint density at radius 1 is 1.53 bits per heavy atom. The quantitative estimate of drug-likeness (QED) is 0.602. The molecule has 0 aliphatic carbocycles. The normalized spacial score (nSPS) is 37.3. The van der Waals surface area contributed by atoms with Crippen LogP contribution in [0.15, 0.2) is 12.2 Å². The molecule has 2 saturated heterocycles. The smallest absolute Gasteiger partial charge is 0.115 e. The second-order valence-electron chi connectivity index (χ2n) is 6.37. The van der Waals surface area contributed by atoms with Crippen molar-refractivity contribution in [2.75, 3.05) is 13.1 Å². The highest BCUT2D eigenvalue weighted by molar-refractivity contribution is 5.27. The van der Waals surface area contributed by atoms with Gasteiger partial charge in [0.1, 0.15) is 6.17 Å². The van der Waals surface area contributed by atoms with Crippen molar-refractivity contribution in [2.45, 2.75) is 51.7 Å². The first-order valence-corrected chi connectivity index (χ1v) is 5.91. The maximum absolute atomic E-state index is 13.6. The van der Waals surface area contributed by atoms with E-state index in [-0.39, 0.29) is 11.0 Å². The zero-order chi connectivity index (χ0) is 11.3. The molecule has 2 heterocycles. The van der Waals surface area contributed by atoms with Gasteiger partial charge in [-0.3, -0.25) is 4.90 Å². The third-order valence-corrected chi connectivity index (χ3v) is 3.75. The Morgan fingerprint density at radius 3 is 2.80 bits per heavy atom. The van der Waals surface area contributed by atoms with Crippen LogP contribution in [-0.4, -0.2) is 29.7 Å². The van der Waals surface area contributed by atoms with Gasteiger partial charge in [0.2, 0.25) is 0 Å². The lowest BCUT2D eigenvalue weighted by molar-refractivity contribution is 0.155. The second kappa shape index (κ2) is 3.31. The minimum absolute atomic E-state index is 0.0162. The summed E-state index contributed by atoms with van der Waals surface area (Å²) < 4.78 is 13.6. The van der Waals surface area contributed by atoms with Crippen LogP contribution in [0.3, 0.4) is 0 Å². The van der Waals surface area contributed by atoms with Crippen LogP contribution in [0.4, 0.5) is 4.39 Å². The predicted molar refractivity (Wildman–Crippen MR) is 61.6 cm³/mol. The average molecular weight is 211 g/mol. The summed E-state index contributed by atoms with van der Waals surface area (Å²) in [5.41, 5.74) is 1.49. The average Bonchev–Trinajstić information content (AvgIpc) is 2.47. The molecule has 0 aromatic rings. The van der Waals surface area contributed by atoms with E-state index in [1.54, 1.807) is 0 Å². The Balaban J connectivity index is 2.25. The van der Waals surface area contributed by atoms with Crippen LogP contribution in [-0.2, 0) is 0 Å². The monoisotopic (exact) mass is 211 g/mol. The van der Waals surface area contributed by atoms with Gasteiger partial charge in [0.25, 0.3) is 0 Å². The molecule has 2 aliphatic rings. The van der Waals surface area contributed by atoms with Gasteiger partial charge in [-0.25, -0.2) is 4.39 Å². The number of rotatable bonds is 1. The Bertz CT molecular complexity index is 279. The maximum atomic E-state index is 13.6. The fraction of sp³-hybridized carbons (Fsp3) is 0.846. The van der Waals surface area contributed by atoms with E-state index in [2.05, 4.69) is 32.3 Å². The number of fused-ring (bicyclic) bond motifs is 1. The second-order valence-corrected chi connectivity index (χ2v) is 6.37. The van der Waals surface area contributed by atoms with Crippen LogP contribution in [0.25, 0.3) is 0 Å². The van der Waals surface area contributed by atoms with Gasteiger partial charge >= 0.3 is 0 Å². The Hall–Kier alpha value is -0.370. The minimum Gasteiger partial charge on any atom is -0.291 e. The van der Waals surface area contributed by atoms with Gasteiger partial charge in [0, 0.05) is 25.0 Å². The molecule has 0 saturated carbocycles. The number of hydrogen-bond donors (Lipinski definition) is 0. The lowest BCUT2D eigenvalue weighted by Gasteiger charge is -2.38. The fourth-order valence-electron chi connectivity index (χ4n) is 3.34. The van der Waals surface area contributed by atoms with E-state index in [1.807, 2.05) is 0 Å². The van der Waals surface area contributed by atoms with Gasteiger partial charge in [-0.05, 0) is 18.3 Å². The van der Waals surface area contributed by atoms with Gasteiger partial charge in [-0.15, -0.1) is 0 Å². The lowest BCUT2D eigenvalue weighted by Crippen LogP contribution is -2.42. The van der Waals surface area contributed by atoms with E-state index in [1.165, 1.54) is 5.57 Å². The molecule has 0 N–H and O–H groups in total. The van der Waals surface area contributed by atoms with E-state index >= 15 is 0 Å². The number of alkyl halides is 1. The van der Waals surface area contributed by atoms with E-state index in [4.69, 9.17) is 0 Å². The standard InChI is InChI=1S/C13H22FN/c1-10-5-6-15-8-11(14)7-13(10,15)9-12(2,3)4/h11H,1,5-9H2,2-4H3/t11?,13-/m1/s1. The molecule has 2 aliphatic heterocycles. The summed E-state index contributed by atoms with van der Waals surface area (Å²) in [6, 6.07) is 0. The zero-order valence-electron chi connectivity index (χ0n) is 10.1. The van der Waals surface area contributed by atoms with Gasteiger partial charge in [0.05, 0.1) is 0 Å². The van der Waals surface area contributed by atoms with Crippen LogP contribution in [0, 0.1) is 5.41 Å². The molecule has 0 aromatic carbocycles. The highest BCUT2D eigenvalue weighted by atomic mass is 19.1. The third kappa shape index (κ3) is 1.84. The first-order valence-electron chi connectivity index (χ1n) is 5.91. The van der Waals surface area contributed by atoms with Crippen LogP contribution in [0.2, 0.25) is 0 Å². The first-order chi connectivity index (χ1) is 6.83. The molecule has 1 nitrogen and oxygen atoms in total. The number of halogens is 1. The highest BCUT2D eigenvalue weighted by Gasteiger charge is 2.52. The summed E-state index contributed by atoms with van der Waals surface area (Å²) in [5.74, 6) is 0. The van der Waals surface area contributed by atoms with Crippen molar-refractivity contribution in [3.63, 3.8) is 0 Å². The number of nitrogens with zero attached hydrogens (tertiary/aromatic N) is 1. The third-order valence-electron chi connectivity index (χ3n) is 3.75. The van der Waals surface area contributed by atoms with Gasteiger partial charge in [-0.1, -0.05) is 32.9 Å². The summed E-state index contributed by atoms with van der Waals surface area (Å²) in [6.45, 7) is 12.5. The molecule has 86 valence electrons. The van der Waals surface area contributed by atoms with Crippen molar-refractivity contribution in [1.82, 2.24) is 4.90 Å². The van der Waals surface area contributed by atoms with Crippen LogP contribution in [0.1, 0.15) is 40.0 Å². The van der Waals surface area contributed by atoms with Crippen molar-refractivity contribution >= 4 is 0 Å². The zero-order valence-corrected chi connectivity index (χ0v) is 10.1. The van der Waals surface area contributed by atoms with Crippen molar-refractivity contribution in [3.8, 4) is 0 Å². The van der Waals surface area contributed by atoms with Crippen LogP contribution in [0.5, 0.6) is 0 Å². The largest absolute Gasteiger partial charge is 0.291 e. The van der Waals surface area contributed by atoms with E-state index in [9.17, 15) is 4.39 Å². The van der Waals surface area contributed by atoms with Crippen LogP contribution < -0.4 is 0 Å². The first kappa shape index (κ1) is 11.1.